The van der Waals surface area contributed by atoms with Crippen LogP contribution in [0.15, 0.2) is 42.5 Å². The molecule has 1 saturated carbocycles. The SMILES string of the molecule is CC[C@H](C)[C@@H]([C@@H](CC(=O)N1CCC[C@H]1[C@H](OC)[C@@H](C)C(=O)N[C@@]1(C(=O)N2CCCCO2)C[C@@H]1c1ccccc1)OC)N(C)C(=O)[C@@H](NC(=O)[C@H](C(C)C)N(C)CCCC(=O)NCCN(C)C(=O)CCCN1C(=O)C=CC1=O)C(C)C. The fourth-order valence-electron chi connectivity index (χ4n) is 11.8. The van der Waals surface area contributed by atoms with Gasteiger partial charge >= 0.3 is 0 Å². The number of hydroxylamine groups is 2. The van der Waals surface area contributed by atoms with Crippen LogP contribution in [0.1, 0.15) is 131 Å². The number of benzene rings is 1. The van der Waals surface area contributed by atoms with Gasteiger partial charge in [-0.15, -0.1) is 0 Å². The summed E-state index contributed by atoms with van der Waals surface area (Å²) in [4.78, 5) is 135. The van der Waals surface area contributed by atoms with Crippen molar-refractivity contribution in [2.75, 3.05) is 81.2 Å². The normalized spacial score (nSPS) is 21.7. The van der Waals surface area contributed by atoms with E-state index in [1.54, 1.807) is 37.9 Å². The van der Waals surface area contributed by atoms with Crippen molar-refractivity contribution in [3.05, 3.63) is 48.0 Å². The molecule has 0 spiro atoms. The van der Waals surface area contributed by atoms with E-state index < -0.39 is 47.8 Å². The van der Waals surface area contributed by atoms with E-state index in [2.05, 4.69) is 16.0 Å². The van der Waals surface area contributed by atoms with Crippen molar-refractivity contribution in [1.29, 1.82) is 0 Å². The molecule has 446 valence electrons. The standard InChI is InChI=1S/C59H93N9O12/c1-13-40(6)53(45(78-11)36-50(73)66-31-19-24-44(66)54(79-12)41(7)55(74)62-59(58(77)68-33-17-18-35-80-68)37-43(59)42-22-15-14-16-23-42)65(10)57(76)51(38(2)3)61-56(75)52(39(4)5)64(9)30-20-25-46(69)60-29-34-63(8)47(70)26-21-32-67-48(71)27-28-49(67)72/h14-16,22-23,27-28,38-41,43-45,51-54H,13,17-21,24-26,29-37H2,1-12H3,(H,60,69)(H,61,75)(H,62,74)/t40-,41+,43+,44-,45+,51-,52-,53-,54+,59-/m0/s1. The molecule has 9 amide bonds. The third-order valence-electron chi connectivity index (χ3n) is 16.8. The number of hydrogen-bond acceptors (Lipinski definition) is 13. The molecule has 21 heteroatoms. The summed E-state index contributed by atoms with van der Waals surface area (Å²) >= 11 is 0. The van der Waals surface area contributed by atoms with Gasteiger partial charge in [0.2, 0.25) is 35.4 Å². The minimum Gasteiger partial charge on any atom is -0.379 e. The van der Waals surface area contributed by atoms with E-state index in [0.717, 1.165) is 23.3 Å². The van der Waals surface area contributed by atoms with Crippen LogP contribution in [0.3, 0.4) is 0 Å². The number of amides is 9. The molecule has 5 rings (SSSR count). The number of likely N-dealkylation sites (tertiary alicyclic amines) is 1. The number of nitrogens with zero attached hydrogens (tertiary/aromatic N) is 6. The van der Waals surface area contributed by atoms with E-state index in [-0.39, 0.29) is 116 Å². The molecule has 0 bridgehead atoms. The molecule has 80 heavy (non-hydrogen) atoms. The highest BCUT2D eigenvalue weighted by atomic mass is 16.7. The van der Waals surface area contributed by atoms with Crippen molar-refractivity contribution >= 4 is 53.2 Å². The first kappa shape index (κ1) is 65.0. The first-order valence-electron chi connectivity index (χ1n) is 29.0. The van der Waals surface area contributed by atoms with E-state index in [4.69, 9.17) is 14.3 Å². The van der Waals surface area contributed by atoms with Crippen LogP contribution in [0.5, 0.6) is 0 Å². The van der Waals surface area contributed by atoms with Crippen molar-refractivity contribution in [3.8, 4) is 0 Å². The summed E-state index contributed by atoms with van der Waals surface area (Å²) in [5.41, 5.74) is -0.216. The Kier molecular flexibility index (Phi) is 24.7. The van der Waals surface area contributed by atoms with Crippen LogP contribution >= 0.6 is 0 Å². The second-order valence-electron chi connectivity index (χ2n) is 23.1. The Bertz CT molecular complexity index is 2310. The topological polar surface area (TPSA) is 237 Å². The lowest BCUT2D eigenvalue weighted by Gasteiger charge is -2.41. The van der Waals surface area contributed by atoms with Crippen LogP contribution in [-0.4, -0.2) is 206 Å². The van der Waals surface area contributed by atoms with Gasteiger partial charge < -0.3 is 40.1 Å². The zero-order valence-electron chi connectivity index (χ0n) is 49.7. The maximum absolute atomic E-state index is 14.8. The molecule has 1 aliphatic carbocycles. The van der Waals surface area contributed by atoms with Crippen molar-refractivity contribution in [2.45, 2.75) is 167 Å². The number of ether oxygens (including phenoxy) is 2. The van der Waals surface area contributed by atoms with Gasteiger partial charge in [0.1, 0.15) is 11.6 Å². The number of hydrogen-bond donors (Lipinski definition) is 3. The molecule has 3 heterocycles. The summed E-state index contributed by atoms with van der Waals surface area (Å²) in [5, 5.41) is 10.5. The molecular weight excluding hydrogens is 1030 g/mol. The number of likely N-dealkylation sites (N-methyl/N-ethyl adjacent to an activating group) is 3. The summed E-state index contributed by atoms with van der Waals surface area (Å²) in [6, 6.07) is 7.15. The molecule has 3 aliphatic heterocycles. The minimum atomic E-state index is -1.17. The Labute approximate surface area is 474 Å². The number of imide groups is 1. The van der Waals surface area contributed by atoms with E-state index in [9.17, 15) is 43.2 Å². The maximum atomic E-state index is 14.8. The molecule has 1 aromatic rings. The fraction of sp³-hybridized carbons (Fsp3) is 0.712. The summed E-state index contributed by atoms with van der Waals surface area (Å²) < 4.78 is 12.2. The zero-order valence-corrected chi connectivity index (χ0v) is 49.7. The van der Waals surface area contributed by atoms with Gasteiger partial charge in [-0.05, 0) is 81.9 Å². The molecule has 4 aliphatic rings. The van der Waals surface area contributed by atoms with E-state index in [1.807, 2.05) is 83.8 Å². The molecule has 0 radical (unpaired) electrons. The summed E-state index contributed by atoms with van der Waals surface area (Å²) in [7, 11) is 8.23. The second-order valence-corrected chi connectivity index (χ2v) is 23.1. The third-order valence-corrected chi connectivity index (χ3v) is 16.8. The number of rotatable bonds is 31. The van der Waals surface area contributed by atoms with E-state index in [1.165, 1.54) is 29.2 Å². The monoisotopic (exact) mass is 1120 g/mol. The lowest BCUT2D eigenvalue weighted by atomic mass is 9.89. The predicted molar refractivity (Wildman–Crippen MR) is 301 cm³/mol. The highest BCUT2D eigenvalue weighted by Gasteiger charge is 2.64. The summed E-state index contributed by atoms with van der Waals surface area (Å²) in [6.45, 7) is 15.9. The van der Waals surface area contributed by atoms with Gasteiger partial charge in [0.15, 0.2) is 0 Å². The van der Waals surface area contributed by atoms with Crippen molar-refractivity contribution in [1.82, 2.24) is 45.5 Å². The summed E-state index contributed by atoms with van der Waals surface area (Å²) in [6.07, 6.45) is 6.14. The average molecular weight is 1120 g/mol. The van der Waals surface area contributed by atoms with Crippen molar-refractivity contribution in [2.24, 2.45) is 23.7 Å². The van der Waals surface area contributed by atoms with Gasteiger partial charge in [-0.1, -0.05) is 85.2 Å². The second kappa shape index (κ2) is 30.3. The third kappa shape index (κ3) is 16.5. The van der Waals surface area contributed by atoms with Crippen LogP contribution in [0.4, 0.5) is 0 Å². The molecule has 3 fully saturated rings. The average Bonchev–Trinajstić information content (AvgIpc) is 3.82. The van der Waals surface area contributed by atoms with Crippen LogP contribution < -0.4 is 16.0 Å². The molecular formula is C59H93N9O12. The van der Waals surface area contributed by atoms with Crippen LogP contribution in [-0.2, 0) is 57.5 Å². The Hall–Kier alpha value is -5.77. The lowest BCUT2D eigenvalue weighted by Crippen LogP contribution is -2.60. The Morgan fingerprint density at radius 2 is 1.51 bits per heavy atom. The van der Waals surface area contributed by atoms with Gasteiger partial charge in [0.05, 0.1) is 49.3 Å². The highest BCUT2D eigenvalue weighted by Crippen LogP contribution is 2.53. The maximum Gasteiger partial charge on any atom is 0.272 e. The first-order chi connectivity index (χ1) is 38.0. The Morgan fingerprint density at radius 1 is 0.825 bits per heavy atom. The molecule has 0 unspecified atom stereocenters. The van der Waals surface area contributed by atoms with Gasteiger partial charge in [0.25, 0.3) is 17.7 Å². The molecule has 2 saturated heterocycles. The van der Waals surface area contributed by atoms with Gasteiger partial charge in [-0.25, -0.2) is 5.06 Å². The first-order valence-corrected chi connectivity index (χ1v) is 29.0. The van der Waals surface area contributed by atoms with Gasteiger partial charge in [0, 0.05) is 92.0 Å². The predicted octanol–water partition coefficient (Wildman–Crippen LogP) is 3.66. The quantitative estimate of drug-likeness (QED) is 0.0902. The molecule has 0 aromatic heterocycles. The Balaban J connectivity index is 1.16. The fourth-order valence-corrected chi connectivity index (χ4v) is 11.8. The van der Waals surface area contributed by atoms with Crippen molar-refractivity contribution < 1.29 is 57.5 Å². The van der Waals surface area contributed by atoms with Gasteiger partial charge in [-0.2, -0.15) is 0 Å². The van der Waals surface area contributed by atoms with Crippen molar-refractivity contribution in [3.63, 3.8) is 0 Å². The number of methoxy groups -OCH3 is 2. The van der Waals surface area contributed by atoms with Crippen LogP contribution in [0.25, 0.3) is 0 Å². The number of carbonyl (C=O) groups is 9. The smallest absolute Gasteiger partial charge is 0.272 e. The lowest BCUT2D eigenvalue weighted by molar-refractivity contribution is -0.200. The molecule has 1 aromatic carbocycles. The highest BCUT2D eigenvalue weighted by molar-refractivity contribution is 6.12. The van der Waals surface area contributed by atoms with Crippen LogP contribution in [0, 0.1) is 23.7 Å². The largest absolute Gasteiger partial charge is 0.379 e. The van der Waals surface area contributed by atoms with Crippen LogP contribution in [0.2, 0.25) is 0 Å². The molecule has 21 nitrogen and oxygen atoms in total. The minimum absolute atomic E-state index is 0.0520. The zero-order chi connectivity index (χ0) is 59.0. The Morgan fingerprint density at radius 3 is 2.11 bits per heavy atom. The number of carbonyl (C=O) groups excluding carboxylic acids is 9. The van der Waals surface area contributed by atoms with E-state index in [0.29, 0.717) is 64.8 Å². The number of nitrogens with one attached hydrogen (secondary N) is 3. The van der Waals surface area contributed by atoms with Gasteiger partial charge in [-0.3, -0.25) is 57.8 Å². The summed E-state index contributed by atoms with van der Waals surface area (Å²) in [5.74, 6) is -4.12. The molecule has 10 atom stereocenters. The van der Waals surface area contributed by atoms with E-state index >= 15 is 0 Å². The molecule has 3 N–H and O–H groups in total.